The highest BCUT2D eigenvalue weighted by Crippen LogP contribution is 2.30. The van der Waals surface area contributed by atoms with Crippen LogP contribution in [0.4, 0.5) is 13.6 Å². The van der Waals surface area contributed by atoms with Crippen molar-refractivity contribution in [2.24, 2.45) is 0 Å². The summed E-state index contributed by atoms with van der Waals surface area (Å²) in [5.41, 5.74) is -0.227. The fourth-order valence-corrected chi connectivity index (χ4v) is 2.33. The third kappa shape index (κ3) is 3.46. The van der Waals surface area contributed by atoms with Gasteiger partial charge in [0.25, 0.3) is 0 Å². The van der Waals surface area contributed by atoms with Gasteiger partial charge in [-0.2, -0.15) is 0 Å². The van der Waals surface area contributed by atoms with Crippen LogP contribution in [0.15, 0.2) is 18.2 Å². The molecule has 0 bridgehead atoms. The summed E-state index contributed by atoms with van der Waals surface area (Å²) >= 11 is 0. The molecule has 1 aromatic rings. The molecule has 1 aliphatic rings. The normalized spacial score (nSPS) is 19.2. The summed E-state index contributed by atoms with van der Waals surface area (Å²) in [7, 11) is 0. The molecule has 20 heavy (non-hydrogen) atoms. The number of benzene rings is 1. The van der Waals surface area contributed by atoms with Gasteiger partial charge >= 0.3 is 6.09 Å². The van der Waals surface area contributed by atoms with Gasteiger partial charge in [0.15, 0.2) is 0 Å². The van der Waals surface area contributed by atoms with E-state index in [0.29, 0.717) is 25.1 Å². The Morgan fingerprint density at radius 1 is 1.35 bits per heavy atom. The Kier molecular flexibility index (Phi) is 3.97. The Balaban J connectivity index is 2.05. The molecule has 1 heterocycles. The Morgan fingerprint density at radius 3 is 2.70 bits per heavy atom. The maximum absolute atomic E-state index is 13.7. The van der Waals surface area contributed by atoms with Crippen LogP contribution >= 0.6 is 0 Å². The zero-order valence-corrected chi connectivity index (χ0v) is 12.0. The van der Waals surface area contributed by atoms with E-state index in [1.165, 1.54) is 6.07 Å². The van der Waals surface area contributed by atoms with E-state index in [4.69, 9.17) is 4.74 Å². The summed E-state index contributed by atoms with van der Waals surface area (Å²) in [6, 6.07) is 3.43. The van der Waals surface area contributed by atoms with Gasteiger partial charge in [-0.25, -0.2) is 13.6 Å². The smallest absolute Gasteiger partial charge is 0.410 e. The molecule has 2 rings (SSSR count). The molecule has 0 radical (unpaired) electrons. The quantitative estimate of drug-likeness (QED) is 0.786. The number of halogens is 2. The lowest BCUT2D eigenvalue weighted by molar-refractivity contribution is 0.0292. The van der Waals surface area contributed by atoms with Crippen LogP contribution in [0.5, 0.6) is 0 Å². The number of carbonyl (C=O) groups excluding carboxylic acids is 1. The lowest BCUT2D eigenvalue weighted by atomic mass is 9.98. The Bertz CT molecular complexity index is 511. The van der Waals surface area contributed by atoms with Gasteiger partial charge in [-0.3, -0.25) is 0 Å². The average molecular weight is 283 g/mol. The van der Waals surface area contributed by atoms with Gasteiger partial charge in [-0.15, -0.1) is 0 Å². The van der Waals surface area contributed by atoms with Crippen molar-refractivity contribution in [3.8, 4) is 0 Å². The minimum atomic E-state index is -0.556. The molecule has 1 aliphatic heterocycles. The number of ether oxygens (including phenoxy) is 1. The standard InChI is InChI=1S/C15H19F2NO2/c1-15(2,3)20-14(19)18-7-6-10(9-18)12-8-11(16)4-5-13(12)17/h4-5,8,10H,6-7,9H2,1-3H3. The molecular formula is C15H19F2NO2. The Hall–Kier alpha value is -1.65. The molecule has 1 saturated heterocycles. The highest BCUT2D eigenvalue weighted by Gasteiger charge is 2.31. The summed E-state index contributed by atoms with van der Waals surface area (Å²) in [5.74, 6) is -1.07. The van der Waals surface area contributed by atoms with Crippen LogP contribution in [0.1, 0.15) is 38.7 Å². The molecule has 0 saturated carbocycles. The molecule has 110 valence electrons. The number of amides is 1. The maximum atomic E-state index is 13.7. The van der Waals surface area contributed by atoms with Gasteiger partial charge in [-0.05, 0) is 51.0 Å². The summed E-state index contributed by atoms with van der Waals surface area (Å²) < 4.78 is 32.2. The molecule has 3 nitrogen and oxygen atoms in total. The zero-order chi connectivity index (χ0) is 14.9. The van der Waals surface area contributed by atoms with Crippen LogP contribution in [0, 0.1) is 11.6 Å². The van der Waals surface area contributed by atoms with E-state index in [0.717, 1.165) is 12.1 Å². The second kappa shape index (κ2) is 5.38. The zero-order valence-electron chi connectivity index (χ0n) is 12.0. The predicted octanol–water partition coefficient (Wildman–Crippen LogP) is 3.69. The molecule has 5 heteroatoms. The van der Waals surface area contributed by atoms with E-state index in [1.807, 2.05) is 0 Å². The molecular weight excluding hydrogens is 264 g/mol. The lowest BCUT2D eigenvalue weighted by Crippen LogP contribution is -2.35. The minimum absolute atomic E-state index is 0.182. The molecule has 1 aromatic carbocycles. The fraction of sp³-hybridized carbons (Fsp3) is 0.533. The second-order valence-corrected chi connectivity index (χ2v) is 6.08. The molecule has 1 atom stereocenters. The second-order valence-electron chi connectivity index (χ2n) is 6.08. The van der Waals surface area contributed by atoms with Gasteiger partial charge < -0.3 is 9.64 Å². The van der Waals surface area contributed by atoms with Crippen molar-refractivity contribution in [2.45, 2.75) is 38.7 Å². The molecule has 0 N–H and O–H groups in total. The largest absolute Gasteiger partial charge is 0.444 e. The topological polar surface area (TPSA) is 29.5 Å². The molecule has 1 unspecified atom stereocenters. The number of rotatable bonds is 1. The first-order valence-corrected chi connectivity index (χ1v) is 6.69. The van der Waals surface area contributed by atoms with Crippen molar-refractivity contribution in [3.05, 3.63) is 35.4 Å². The number of nitrogens with zero attached hydrogens (tertiary/aromatic N) is 1. The average Bonchev–Trinajstić information content (AvgIpc) is 2.79. The van der Waals surface area contributed by atoms with Crippen molar-refractivity contribution < 1.29 is 18.3 Å². The summed E-state index contributed by atoms with van der Waals surface area (Å²) in [4.78, 5) is 13.5. The van der Waals surface area contributed by atoms with Crippen LogP contribution in [0.3, 0.4) is 0 Å². The fourth-order valence-electron chi connectivity index (χ4n) is 2.33. The van der Waals surface area contributed by atoms with E-state index in [2.05, 4.69) is 0 Å². The highest BCUT2D eigenvalue weighted by molar-refractivity contribution is 5.68. The molecule has 1 fully saturated rings. The van der Waals surface area contributed by atoms with Crippen molar-refractivity contribution in [1.82, 2.24) is 4.90 Å². The van der Waals surface area contributed by atoms with E-state index >= 15 is 0 Å². The van der Waals surface area contributed by atoms with Crippen LogP contribution in [0.25, 0.3) is 0 Å². The van der Waals surface area contributed by atoms with Gasteiger partial charge in [0.05, 0.1) is 0 Å². The number of carbonyl (C=O) groups is 1. The number of hydrogen-bond acceptors (Lipinski definition) is 2. The van der Waals surface area contributed by atoms with Crippen LogP contribution < -0.4 is 0 Å². The van der Waals surface area contributed by atoms with E-state index in [1.54, 1.807) is 25.7 Å². The first-order chi connectivity index (χ1) is 9.26. The lowest BCUT2D eigenvalue weighted by Gasteiger charge is -2.24. The highest BCUT2D eigenvalue weighted by atomic mass is 19.1. The third-order valence-corrected chi connectivity index (χ3v) is 3.24. The van der Waals surface area contributed by atoms with E-state index < -0.39 is 23.3 Å². The monoisotopic (exact) mass is 283 g/mol. The molecule has 0 aliphatic carbocycles. The van der Waals surface area contributed by atoms with Gasteiger partial charge in [0.2, 0.25) is 0 Å². The van der Waals surface area contributed by atoms with Gasteiger partial charge in [-0.1, -0.05) is 0 Å². The van der Waals surface area contributed by atoms with Crippen molar-refractivity contribution in [1.29, 1.82) is 0 Å². The maximum Gasteiger partial charge on any atom is 0.410 e. The van der Waals surface area contributed by atoms with E-state index in [-0.39, 0.29) is 5.92 Å². The Labute approximate surface area is 117 Å². The molecule has 0 spiro atoms. The van der Waals surface area contributed by atoms with Gasteiger partial charge in [0, 0.05) is 19.0 Å². The summed E-state index contributed by atoms with van der Waals surface area (Å²) in [5, 5.41) is 0. The van der Waals surface area contributed by atoms with Gasteiger partial charge in [0.1, 0.15) is 17.2 Å². The Morgan fingerprint density at radius 2 is 2.05 bits per heavy atom. The molecule has 0 aromatic heterocycles. The van der Waals surface area contributed by atoms with Crippen LogP contribution in [-0.4, -0.2) is 29.7 Å². The summed E-state index contributed by atoms with van der Waals surface area (Å²) in [6.45, 7) is 6.24. The number of likely N-dealkylation sites (tertiary alicyclic amines) is 1. The first kappa shape index (κ1) is 14.8. The molecule has 1 amide bonds. The number of hydrogen-bond donors (Lipinski definition) is 0. The van der Waals surface area contributed by atoms with E-state index in [9.17, 15) is 13.6 Å². The third-order valence-electron chi connectivity index (χ3n) is 3.24. The van der Waals surface area contributed by atoms with Crippen molar-refractivity contribution in [3.63, 3.8) is 0 Å². The van der Waals surface area contributed by atoms with Crippen LogP contribution in [0.2, 0.25) is 0 Å². The first-order valence-electron chi connectivity index (χ1n) is 6.69. The summed E-state index contributed by atoms with van der Waals surface area (Å²) in [6.07, 6.45) is 0.205. The van der Waals surface area contributed by atoms with Crippen molar-refractivity contribution >= 4 is 6.09 Å². The SMILES string of the molecule is CC(C)(C)OC(=O)N1CCC(c2cc(F)ccc2F)C1. The minimum Gasteiger partial charge on any atom is -0.444 e. The predicted molar refractivity (Wildman–Crippen MR) is 71.5 cm³/mol. The van der Waals surface area contributed by atoms with Crippen LogP contribution in [-0.2, 0) is 4.74 Å². The van der Waals surface area contributed by atoms with Crippen molar-refractivity contribution in [2.75, 3.05) is 13.1 Å².